The predicted octanol–water partition coefficient (Wildman–Crippen LogP) is 4.72. The van der Waals surface area contributed by atoms with Gasteiger partial charge in [-0.2, -0.15) is 0 Å². The fourth-order valence-electron chi connectivity index (χ4n) is 2.81. The molecule has 0 amide bonds. The van der Waals surface area contributed by atoms with Crippen LogP contribution in [0.15, 0.2) is 66.4 Å². The van der Waals surface area contributed by atoms with Crippen molar-refractivity contribution in [3.63, 3.8) is 0 Å². The Morgan fingerprint density at radius 2 is 1.69 bits per heavy atom. The third kappa shape index (κ3) is 3.40. The number of fused-ring (bicyclic) bond motifs is 1. The molecule has 0 aromatic heterocycles. The van der Waals surface area contributed by atoms with Crippen LogP contribution in [-0.2, 0) is 4.79 Å². The number of benzene rings is 3. The van der Waals surface area contributed by atoms with Gasteiger partial charge in [0.1, 0.15) is 5.75 Å². The highest BCUT2D eigenvalue weighted by Crippen LogP contribution is 2.33. The van der Waals surface area contributed by atoms with Crippen LogP contribution < -0.4 is 9.64 Å². The molecule has 4 nitrogen and oxygen atoms in total. The van der Waals surface area contributed by atoms with E-state index in [1.807, 2.05) is 86.6 Å². The summed E-state index contributed by atoms with van der Waals surface area (Å²) in [5.74, 6) is 0.336. The average Bonchev–Trinajstić information content (AvgIpc) is 2.67. The van der Waals surface area contributed by atoms with E-state index in [0.29, 0.717) is 17.6 Å². The second kappa shape index (κ2) is 7.31. The molecule has 26 heavy (non-hydrogen) atoms. The normalized spacial score (nSPS) is 11.8. The van der Waals surface area contributed by atoms with Gasteiger partial charge < -0.3 is 14.7 Å². The molecule has 0 aliphatic rings. The molecule has 3 aromatic carbocycles. The van der Waals surface area contributed by atoms with E-state index in [9.17, 15) is 9.90 Å². The van der Waals surface area contributed by atoms with Crippen LogP contribution in [0.25, 0.3) is 16.5 Å². The number of ether oxygens (including phenoxy) is 1. The van der Waals surface area contributed by atoms with Gasteiger partial charge in [-0.3, -0.25) is 4.79 Å². The first-order valence-corrected chi connectivity index (χ1v) is 8.33. The molecule has 0 aliphatic carbocycles. The molecule has 0 fully saturated rings. The summed E-state index contributed by atoms with van der Waals surface area (Å²) in [5.41, 5.74) is 2.57. The van der Waals surface area contributed by atoms with Crippen molar-refractivity contribution in [1.29, 1.82) is 0 Å². The number of nitrogens with zero attached hydrogens (tertiary/aromatic N) is 1. The number of aliphatic hydroxyl groups excluding tert-OH is 1. The summed E-state index contributed by atoms with van der Waals surface area (Å²) in [6, 6.07) is 19.3. The average molecular weight is 347 g/mol. The molecule has 3 aromatic rings. The Morgan fingerprint density at radius 3 is 2.35 bits per heavy atom. The predicted molar refractivity (Wildman–Crippen MR) is 106 cm³/mol. The molecule has 0 heterocycles. The zero-order chi connectivity index (χ0) is 18.7. The van der Waals surface area contributed by atoms with Crippen LogP contribution in [0.1, 0.15) is 11.1 Å². The lowest BCUT2D eigenvalue weighted by Crippen LogP contribution is -2.08. The first kappa shape index (κ1) is 17.5. The Balaban J connectivity index is 2.09. The van der Waals surface area contributed by atoms with Crippen LogP contribution in [0.3, 0.4) is 0 Å². The monoisotopic (exact) mass is 347 g/mol. The molecule has 1 N–H and O–H groups in total. The van der Waals surface area contributed by atoms with E-state index < -0.39 is 5.76 Å². The number of rotatable bonds is 5. The van der Waals surface area contributed by atoms with E-state index in [4.69, 9.17) is 4.74 Å². The van der Waals surface area contributed by atoms with Crippen LogP contribution >= 0.6 is 0 Å². The maximum Gasteiger partial charge on any atom is 0.199 e. The van der Waals surface area contributed by atoms with Gasteiger partial charge in [0.25, 0.3) is 0 Å². The maximum atomic E-state index is 11.2. The molecule has 3 rings (SSSR count). The van der Waals surface area contributed by atoms with Crippen molar-refractivity contribution in [2.45, 2.75) is 6.92 Å². The standard InChI is InChI=1S/C22H21NO3/c1-15-8-9-16-6-4-5-7-19(16)21(15)26-22(20(25)14-24)17-10-12-18(13-11-17)23(2)3/h4-14,25H,1-3H3/b22-20+. The zero-order valence-electron chi connectivity index (χ0n) is 15.1. The van der Waals surface area contributed by atoms with Crippen LogP contribution in [0, 0.1) is 6.92 Å². The Hall–Kier alpha value is -3.27. The minimum absolute atomic E-state index is 0.143. The number of aldehydes is 1. The van der Waals surface area contributed by atoms with Gasteiger partial charge in [-0.15, -0.1) is 0 Å². The maximum absolute atomic E-state index is 11.2. The van der Waals surface area contributed by atoms with E-state index in [1.165, 1.54) is 0 Å². The number of aliphatic hydroxyl groups is 1. The summed E-state index contributed by atoms with van der Waals surface area (Å²) >= 11 is 0. The van der Waals surface area contributed by atoms with Gasteiger partial charge in [0.05, 0.1) is 0 Å². The molecule has 0 aliphatic heterocycles. The highest BCUT2D eigenvalue weighted by atomic mass is 16.5. The first-order chi connectivity index (χ1) is 12.5. The molecule has 132 valence electrons. The summed E-state index contributed by atoms with van der Waals surface area (Å²) in [6.45, 7) is 1.94. The summed E-state index contributed by atoms with van der Waals surface area (Å²) in [5, 5.41) is 12.1. The van der Waals surface area contributed by atoms with Gasteiger partial charge in [0.2, 0.25) is 0 Å². The number of carbonyl (C=O) groups excluding carboxylic acids is 1. The Kier molecular flexibility index (Phi) is 4.94. The van der Waals surface area contributed by atoms with Crippen molar-refractivity contribution in [3.05, 3.63) is 77.5 Å². The van der Waals surface area contributed by atoms with Gasteiger partial charge in [-0.1, -0.05) is 36.4 Å². The van der Waals surface area contributed by atoms with Crippen LogP contribution in [0.2, 0.25) is 0 Å². The Labute approximate surface area is 152 Å². The van der Waals surface area contributed by atoms with Crippen LogP contribution in [-0.4, -0.2) is 25.5 Å². The molecule has 0 saturated heterocycles. The molecule has 0 atom stereocenters. The Morgan fingerprint density at radius 1 is 1.00 bits per heavy atom. The van der Waals surface area contributed by atoms with E-state index in [-0.39, 0.29) is 5.76 Å². The van der Waals surface area contributed by atoms with Crippen molar-refractivity contribution in [1.82, 2.24) is 0 Å². The summed E-state index contributed by atoms with van der Waals surface area (Å²) in [4.78, 5) is 13.2. The fraction of sp³-hybridized carbons (Fsp3) is 0.136. The smallest absolute Gasteiger partial charge is 0.199 e. The third-order valence-corrected chi connectivity index (χ3v) is 4.27. The van der Waals surface area contributed by atoms with Gasteiger partial charge in [-0.05, 0) is 42.1 Å². The number of allylic oxidation sites excluding steroid dienone is 1. The number of carbonyl (C=O) groups is 1. The molecule has 0 spiro atoms. The first-order valence-electron chi connectivity index (χ1n) is 8.33. The second-order valence-corrected chi connectivity index (χ2v) is 6.31. The lowest BCUT2D eigenvalue weighted by molar-refractivity contribution is -0.107. The van der Waals surface area contributed by atoms with Gasteiger partial charge >= 0.3 is 0 Å². The van der Waals surface area contributed by atoms with Gasteiger partial charge in [-0.25, -0.2) is 0 Å². The number of hydrogen-bond donors (Lipinski definition) is 1. The topological polar surface area (TPSA) is 49.8 Å². The van der Waals surface area contributed by atoms with Gasteiger partial charge in [0, 0.05) is 30.7 Å². The molecule has 0 unspecified atom stereocenters. The SMILES string of the molecule is Cc1ccc2ccccc2c1O/C(=C(/O)C=O)c1ccc(N(C)C)cc1. The molecular formula is C22H21NO3. The van der Waals surface area contributed by atoms with Crippen LogP contribution in [0.5, 0.6) is 5.75 Å². The van der Waals surface area contributed by atoms with Crippen molar-refractivity contribution >= 4 is 28.5 Å². The van der Waals surface area contributed by atoms with E-state index >= 15 is 0 Å². The van der Waals surface area contributed by atoms with E-state index in [0.717, 1.165) is 22.0 Å². The fourth-order valence-corrected chi connectivity index (χ4v) is 2.81. The quantitative estimate of drug-likeness (QED) is 0.412. The van der Waals surface area contributed by atoms with E-state index in [2.05, 4.69) is 0 Å². The summed E-state index contributed by atoms with van der Waals surface area (Å²) in [6.07, 6.45) is 0.398. The van der Waals surface area contributed by atoms with Gasteiger partial charge in [0.15, 0.2) is 17.8 Å². The number of anilines is 1. The molecule has 0 saturated carbocycles. The highest BCUT2D eigenvalue weighted by molar-refractivity contribution is 5.91. The lowest BCUT2D eigenvalue weighted by atomic mass is 10.1. The number of aryl methyl sites for hydroxylation is 1. The molecule has 4 heteroatoms. The lowest BCUT2D eigenvalue weighted by Gasteiger charge is -2.17. The van der Waals surface area contributed by atoms with Crippen molar-refractivity contribution in [2.75, 3.05) is 19.0 Å². The summed E-state index contributed by atoms with van der Waals surface area (Å²) in [7, 11) is 3.90. The third-order valence-electron chi connectivity index (χ3n) is 4.27. The minimum atomic E-state index is -0.435. The summed E-state index contributed by atoms with van der Waals surface area (Å²) < 4.78 is 6.08. The number of hydrogen-bond acceptors (Lipinski definition) is 4. The highest BCUT2D eigenvalue weighted by Gasteiger charge is 2.15. The second-order valence-electron chi connectivity index (χ2n) is 6.31. The van der Waals surface area contributed by atoms with Crippen molar-refractivity contribution in [2.24, 2.45) is 0 Å². The molecule has 0 radical (unpaired) electrons. The van der Waals surface area contributed by atoms with Crippen molar-refractivity contribution < 1.29 is 14.6 Å². The molecule has 0 bridgehead atoms. The zero-order valence-corrected chi connectivity index (χ0v) is 15.1. The van der Waals surface area contributed by atoms with Crippen molar-refractivity contribution in [3.8, 4) is 5.75 Å². The Bertz CT molecular complexity index is 972. The minimum Gasteiger partial charge on any atom is -0.502 e. The molecular weight excluding hydrogens is 326 g/mol. The van der Waals surface area contributed by atoms with E-state index in [1.54, 1.807) is 0 Å². The van der Waals surface area contributed by atoms with Crippen LogP contribution in [0.4, 0.5) is 5.69 Å². The largest absolute Gasteiger partial charge is 0.502 e.